The van der Waals surface area contributed by atoms with Crippen LogP contribution in [0.4, 0.5) is 5.69 Å². The van der Waals surface area contributed by atoms with Crippen LogP contribution in [0.25, 0.3) is 0 Å². The van der Waals surface area contributed by atoms with E-state index in [9.17, 15) is 0 Å². The van der Waals surface area contributed by atoms with Crippen LogP contribution in [0, 0.1) is 18.8 Å². The first-order valence-corrected chi connectivity index (χ1v) is 7.29. The summed E-state index contributed by atoms with van der Waals surface area (Å²) in [7, 11) is 0. The van der Waals surface area contributed by atoms with Gasteiger partial charge in [0.25, 0.3) is 0 Å². The number of aryl methyl sites for hydroxylation is 2. The molecule has 2 heteroatoms. The lowest BCUT2D eigenvalue weighted by Gasteiger charge is -2.34. The lowest BCUT2D eigenvalue weighted by Crippen LogP contribution is -2.36. The average Bonchev–Trinajstić information content (AvgIpc) is 2.75. The minimum absolute atomic E-state index is 0.817. The first kappa shape index (κ1) is 12.0. The summed E-state index contributed by atoms with van der Waals surface area (Å²) in [5.41, 5.74) is 4.44. The predicted molar refractivity (Wildman–Crippen MR) is 77.2 cm³/mol. The Morgan fingerprint density at radius 2 is 2.22 bits per heavy atom. The van der Waals surface area contributed by atoms with Crippen molar-refractivity contribution in [2.45, 2.75) is 26.7 Å². The highest BCUT2D eigenvalue weighted by atomic mass is 15.1. The van der Waals surface area contributed by atoms with E-state index in [2.05, 4.69) is 42.3 Å². The van der Waals surface area contributed by atoms with Crippen molar-refractivity contribution in [3.63, 3.8) is 0 Å². The molecule has 1 fully saturated rings. The van der Waals surface area contributed by atoms with E-state index in [1.165, 1.54) is 50.3 Å². The molecule has 18 heavy (non-hydrogen) atoms. The van der Waals surface area contributed by atoms with Gasteiger partial charge in [0, 0.05) is 18.8 Å². The van der Waals surface area contributed by atoms with E-state index >= 15 is 0 Å². The summed E-state index contributed by atoms with van der Waals surface area (Å²) in [5.74, 6) is 1.64. The topological polar surface area (TPSA) is 15.3 Å². The smallest absolute Gasteiger partial charge is 0.0399 e. The van der Waals surface area contributed by atoms with E-state index in [0.29, 0.717) is 0 Å². The Kier molecular flexibility index (Phi) is 3.29. The lowest BCUT2D eigenvalue weighted by molar-refractivity contribution is 0.442. The third-order valence-electron chi connectivity index (χ3n) is 4.58. The Balaban J connectivity index is 1.78. The monoisotopic (exact) mass is 244 g/mol. The van der Waals surface area contributed by atoms with Gasteiger partial charge in [0.2, 0.25) is 0 Å². The quantitative estimate of drug-likeness (QED) is 0.860. The van der Waals surface area contributed by atoms with Crippen LogP contribution in [0.15, 0.2) is 18.2 Å². The second-order valence-corrected chi connectivity index (χ2v) is 6.08. The van der Waals surface area contributed by atoms with Crippen LogP contribution in [0.1, 0.15) is 24.5 Å². The largest absolute Gasteiger partial charge is 0.371 e. The Morgan fingerprint density at radius 1 is 1.33 bits per heavy atom. The average molecular weight is 244 g/mol. The summed E-state index contributed by atoms with van der Waals surface area (Å²) in [6.07, 6.45) is 2.57. The summed E-state index contributed by atoms with van der Waals surface area (Å²) >= 11 is 0. The zero-order valence-corrected chi connectivity index (χ0v) is 11.6. The minimum atomic E-state index is 0.817. The van der Waals surface area contributed by atoms with Gasteiger partial charge >= 0.3 is 0 Å². The van der Waals surface area contributed by atoms with Crippen LogP contribution >= 0.6 is 0 Å². The van der Waals surface area contributed by atoms with Crippen molar-refractivity contribution in [3.8, 4) is 0 Å². The lowest BCUT2D eigenvalue weighted by atomic mass is 9.94. The Morgan fingerprint density at radius 3 is 3.00 bits per heavy atom. The van der Waals surface area contributed by atoms with Crippen molar-refractivity contribution in [2.75, 3.05) is 31.1 Å². The highest BCUT2D eigenvalue weighted by Gasteiger charge is 2.27. The van der Waals surface area contributed by atoms with Gasteiger partial charge in [-0.2, -0.15) is 0 Å². The molecule has 0 aromatic heterocycles. The molecule has 0 radical (unpaired) electrons. The van der Waals surface area contributed by atoms with Crippen molar-refractivity contribution in [2.24, 2.45) is 11.8 Å². The Hall–Kier alpha value is -1.02. The third-order valence-corrected chi connectivity index (χ3v) is 4.58. The summed E-state index contributed by atoms with van der Waals surface area (Å²) < 4.78 is 0. The molecule has 1 aromatic carbocycles. The van der Waals surface area contributed by atoms with Crippen LogP contribution in [0.5, 0.6) is 0 Å². The van der Waals surface area contributed by atoms with E-state index in [-0.39, 0.29) is 0 Å². The number of nitrogens with one attached hydrogen (secondary N) is 1. The molecule has 0 saturated carbocycles. The van der Waals surface area contributed by atoms with Gasteiger partial charge in [0.1, 0.15) is 0 Å². The number of rotatable bonds is 2. The van der Waals surface area contributed by atoms with E-state index in [1.54, 1.807) is 5.56 Å². The van der Waals surface area contributed by atoms with E-state index in [0.717, 1.165) is 11.8 Å². The number of anilines is 1. The first-order valence-electron chi connectivity index (χ1n) is 7.29. The van der Waals surface area contributed by atoms with Crippen molar-refractivity contribution < 1.29 is 0 Å². The molecule has 98 valence electrons. The maximum Gasteiger partial charge on any atom is 0.0399 e. The number of hydrogen-bond donors (Lipinski definition) is 1. The standard InChI is InChI=1S/C16H24N2/c1-12-5-6-16-14(8-12)4-3-7-18(16)11-15-10-17-9-13(15)2/h5-6,8,13,15,17H,3-4,7,9-11H2,1-2H3/t13-,15+/m1/s1. The molecule has 1 saturated heterocycles. The molecule has 0 unspecified atom stereocenters. The molecule has 2 nitrogen and oxygen atoms in total. The third kappa shape index (κ3) is 2.26. The normalized spacial score (nSPS) is 27.3. The van der Waals surface area contributed by atoms with Crippen LogP contribution in [0.2, 0.25) is 0 Å². The Bertz CT molecular complexity index is 427. The van der Waals surface area contributed by atoms with Crippen LogP contribution in [-0.2, 0) is 6.42 Å². The highest BCUT2D eigenvalue weighted by molar-refractivity contribution is 5.56. The zero-order valence-electron chi connectivity index (χ0n) is 11.6. The second kappa shape index (κ2) is 4.93. The van der Waals surface area contributed by atoms with Gasteiger partial charge in [-0.25, -0.2) is 0 Å². The molecule has 2 atom stereocenters. The number of benzene rings is 1. The first-order chi connectivity index (χ1) is 8.74. The Labute approximate surface area is 110 Å². The maximum atomic E-state index is 3.52. The van der Waals surface area contributed by atoms with Crippen molar-refractivity contribution in [1.29, 1.82) is 0 Å². The van der Waals surface area contributed by atoms with Gasteiger partial charge in [-0.1, -0.05) is 24.6 Å². The van der Waals surface area contributed by atoms with Crippen LogP contribution < -0.4 is 10.2 Å². The molecular weight excluding hydrogens is 220 g/mol. The van der Waals surface area contributed by atoms with Crippen molar-refractivity contribution in [1.82, 2.24) is 5.32 Å². The maximum absolute atomic E-state index is 3.52. The molecule has 1 N–H and O–H groups in total. The van der Waals surface area contributed by atoms with Crippen molar-refractivity contribution in [3.05, 3.63) is 29.3 Å². The fourth-order valence-electron chi connectivity index (χ4n) is 3.39. The number of hydrogen-bond acceptors (Lipinski definition) is 2. The van der Waals surface area contributed by atoms with Gasteiger partial charge in [0.15, 0.2) is 0 Å². The predicted octanol–water partition coefficient (Wildman–Crippen LogP) is 2.60. The highest BCUT2D eigenvalue weighted by Crippen LogP contribution is 2.30. The van der Waals surface area contributed by atoms with Gasteiger partial charge in [0.05, 0.1) is 0 Å². The molecule has 1 aromatic rings. The van der Waals surface area contributed by atoms with E-state index in [4.69, 9.17) is 0 Å². The van der Waals surface area contributed by atoms with Gasteiger partial charge in [-0.05, 0) is 56.3 Å². The van der Waals surface area contributed by atoms with Crippen molar-refractivity contribution >= 4 is 5.69 Å². The van der Waals surface area contributed by atoms with Crippen LogP contribution in [-0.4, -0.2) is 26.2 Å². The molecule has 0 spiro atoms. The van der Waals surface area contributed by atoms with E-state index < -0.39 is 0 Å². The van der Waals surface area contributed by atoms with Gasteiger partial charge in [-0.3, -0.25) is 0 Å². The molecule has 0 aliphatic carbocycles. The fourth-order valence-corrected chi connectivity index (χ4v) is 3.39. The summed E-state index contributed by atoms with van der Waals surface area (Å²) in [6, 6.07) is 6.96. The SMILES string of the molecule is Cc1ccc2c(c1)CCCN2C[C@@H]1CNC[C@H]1C. The summed E-state index contributed by atoms with van der Waals surface area (Å²) in [6.45, 7) is 9.43. The minimum Gasteiger partial charge on any atom is -0.371 e. The van der Waals surface area contributed by atoms with Crippen LogP contribution in [0.3, 0.4) is 0 Å². The summed E-state index contributed by atoms with van der Waals surface area (Å²) in [4.78, 5) is 2.62. The molecular formula is C16H24N2. The second-order valence-electron chi connectivity index (χ2n) is 6.08. The fraction of sp³-hybridized carbons (Fsp3) is 0.625. The molecule has 3 rings (SSSR count). The zero-order chi connectivity index (χ0) is 12.5. The van der Waals surface area contributed by atoms with Gasteiger partial charge < -0.3 is 10.2 Å². The molecule has 2 aliphatic heterocycles. The molecule has 0 bridgehead atoms. The molecule has 2 aliphatic rings. The molecule has 2 heterocycles. The van der Waals surface area contributed by atoms with E-state index in [1.807, 2.05) is 0 Å². The molecule has 0 amide bonds. The number of fused-ring (bicyclic) bond motifs is 1. The number of nitrogens with zero attached hydrogens (tertiary/aromatic N) is 1. The summed E-state index contributed by atoms with van der Waals surface area (Å²) in [5, 5.41) is 3.52. The van der Waals surface area contributed by atoms with Gasteiger partial charge in [-0.15, -0.1) is 0 Å².